The maximum Gasteiger partial charge on any atom is 0.0671 e. The molecule has 0 saturated heterocycles. The molecule has 1 aromatic carbocycles. The smallest absolute Gasteiger partial charge is 0.0671 e. The van der Waals surface area contributed by atoms with E-state index in [1.807, 2.05) is 18.9 Å². The van der Waals surface area contributed by atoms with Gasteiger partial charge in [-0.3, -0.25) is 0 Å². The second kappa shape index (κ2) is 5.25. The summed E-state index contributed by atoms with van der Waals surface area (Å²) in [6.45, 7) is 2.51. The standard InChI is InChI=1S/C11H12Cl2N2/c1-8(6-14)7-15(2)11-5-9(12)3-4-10(11)13/h3-5,8H,7H2,1-2H3. The molecule has 15 heavy (non-hydrogen) atoms. The lowest BCUT2D eigenvalue weighted by Gasteiger charge is -2.21. The molecule has 1 rings (SSSR count). The van der Waals surface area contributed by atoms with E-state index < -0.39 is 0 Å². The Morgan fingerprint density at radius 3 is 2.73 bits per heavy atom. The summed E-state index contributed by atoms with van der Waals surface area (Å²) in [4.78, 5) is 1.93. The zero-order valence-electron chi connectivity index (χ0n) is 8.67. The third-order valence-electron chi connectivity index (χ3n) is 2.09. The minimum Gasteiger partial charge on any atom is -0.372 e. The summed E-state index contributed by atoms with van der Waals surface area (Å²) >= 11 is 11.9. The maximum atomic E-state index is 8.72. The Kier molecular flexibility index (Phi) is 4.26. The van der Waals surface area contributed by atoms with Crippen molar-refractivity contribution in [2.24, 2.45) is 5.92 Å². The minimum absolute atomic E-state index is 0.0370. The normalized spacial score (nSPS) is 11.9. The number of hydrogen-bond donors (Lipinski definition) is 0. The Labute approximate surface area is 100 Å². The van der Waals surface area contributed by atoms with Crippen LogP contribution in [0.5, 0.6) is 0 Å². The van der Waals surface area contributed by atoms with Gasteiger partial charge < -0.3 is 4.90 Å². The summed E-state index contributed by atoms with van der Waals surface area (Å²) in [7, 11) is 1.89. The van der Waals surface area contributed by atoms with Crippen molar-refractivity contribution >= 4 is 28.9 Å². The second-order valence-corrected chi connectivity index (χ2v) is 4.35. The lowest BCUT2D eigenvalue weighted by molar-refractivity contribution is 0.716. The molecule has 2 nitrogen and oxygen atoms in total. The Bertz CT molecular complexity index is 385. The van der Waals surface area contributed by atoms with E-state index in [4.69, 9.17) is 28.5 Å². The van der Waals surface area contributed by atoms with Crippen LogP contribution >= 0.6 is 23.2 Å². The van der Waals surface area contributed by atoms with Crippen molar-refractivity contribution in [1.29, 1.82) is 5.26 Å². The monoisotopic (exact) mass is 242 g/mol. The molecule has 80 valence electrons. The highest BCUT2D eigenvalue weighted by molar-refractivity contribution is 6.35. The van der Waals surface area contributed by atoms with Gasteiger partial charge in [-0.2, -0.15) is 5.26 Å². The molecule has 0 aliphatic carbocycles. The largest absolute Gasteiger partial charge is 0.372 e. The van der Waals surface area contributed by atoms with Gasteiger partial charge in [0.05, 0.1) is 22.7 Å². The summed E-state index contributed by atoms with van der Waals surface area (Å²) in [6, 6.07) is 7.48. The van der Waals surface area contributed by atoms with Gasteiger partial charge >= 0.3 is 0 Å². The van der Waals surface area contributed by atoms with Gasteiger partial charge in [0, 0.05) is 18.6 Å². The molecule has 0 radical (unpaired) electrons. The first-order valence-corrected chi connectivity index (χ1v) is 5.36. The second-order valence-electron chi connectivity index (χ2n) is 3.51. The van der Waals surface area contributed by atoms with Gasteiger partial charge in [-0.1, -0.05) is 23.2 Å². The average Bonchev–Trinajstić information content (AvgIpc) is 2.21. The Morgan fingerprint density at radius 1 is 1.47 bits per heavy atom. The van der Waals surface area contributed by atoms with Crippen molar-refractivity contribution < 1.29 is 0 Å². The van der Waals surface area contributed by atoms with E-state index in [0.29, 0.717) is 16.6 Å². The van der Waals surface area contributed by atoms with E-state index in [0.717, 1.165) is 5.69 Å². The molecular formula is C11H12Cl2N2. The molecule has 1 unspecified atom stereocenters. The summed E-state index contributed by atoms with van der Waals surface area (Å²) < 4.78 is 0. The third kappa shape index (κ3) is 3.30. The van der Waals surface area contributed by atoms with Crippen LogP contribution in [0.2, 0.25) is 10.0 Å². The predicted octanol–water partition coefficient (Wildman–Crippen LogP) is 3.59. The van der Waals surface area contributed by atoms with Crippen LogP contribution in [0.1, 0.15) is 6.92 Å². The van der Waals surface area contributed by atoms with E-state index >= 15 is 0 Å². The molecule has 0 bridgehead atoms. The number of benzene rings is 1. The molecule has 0 aliphatic heterocycles. The summed E-state index contributed by atoms with van der Waals surface area (Å²) in [6.07, 6.45) is 0. The van der Waals surface area contributed by atoms with Gasteiger partial charge in [-0.25, -0.2) is 0 Å². The molecule has 4 heteroatoms. The van der Waals surface area contributed by atoms with Crippen LogP contribution in [-0.4, -0.2) is 13.6 Å². The Morgan fingerprint density at radius 2 is 2.13 bits per heavy atom. The minimum atomic E-state index is -0.0370. The molecule has 0 amide bonds. The predicted molar refractivity (Wildman–Crippen MR) is 64.5 cm³/mol. The average molecular weight is 243 g/mol. The quantitative estimate of drug-likeness (QED) is 0.811. The van der Waals surface area contributed by atoms with Crippen LogP contribution in [-0.2, 0) is 0 Å². The number of hydrogen-bond acceptors (Lipinski definition) is 2. The molecular weight excluding hydrogens is 231 g/mol. The van der Waals surface area contributed by atoms with Gasteiger partial charge in [0.1, 0.15) is 0 Å². The Balaban J connectivity index is 2.86. The molecule has 0 saturated carbocycles. The first kappa shape index (κ1) is 12.2. The summed E-state index contributed by atoms with van der Waals surface area (Å²) in [5.74, 6) is -0.0370. The van der Waals surface area contributed by atoms with Crippen LogP contribution in [0.3, 0.4) is 0 Å². The van der Waals surface area contributed by atoms with Crippen LogP contribution in [0.25, 0.3) is 0 Å². The Hall–Kier alpha value is -0.910. The van der Waals surface area contributed by atoms with Crippen molar-refractivity contribution in [3.8, 4) is 6.07 Å². The maximum absolute atomic E-state index is 8.72. The molecule has 1 atom stereocenters. The number of anilines is 1. The highest BCUT2D eigenvalue weighted by atomic mass is 35.5. The van der Waals surface area contributed by atoms with E-state index in [9.17, 15) is 0 Å². The van der Waals surface area contributed by atoms with Gasteiger partial charge in [0.15, 0.2) is 0 Å². The zero-order chi connectivity index (χ0) is 11.4. The number of rotatable bonds is 3. The van der Waals surface area contributed by atoms with Crippen molar-refractivity contribution in [3.05, 3.63) is 28.2 Å². The molecule has 0 N–H and O–H groups in total. The van der Waals surface area contributed by atoms with Gasteiger partial charge in [-0.15, -0.1) is 0 Å². The number of halogens is 2. The zero-order valence-corrected chi connectivity index (χ0v) is 10.2. The first-order valence-electron chi connectivity index (χ1n) is 4.60. The number of nitrogens with zero attached hydrogens (tertiary/aromatic N) is 2. The lowest BCUT2D eigenvalue weighted by Crippen LogP contribution is -2.23. The molecule has 0 aromatic heterocycles. The first-order chi connectivity index (χ1) is 7.04. The fraction of sp³-hybridized carbons (Fsp3) is 0.364. The molecule has 0 aliphatic rings. The van der Waals surface area contributed by atoms with Crippen LogP contribution < -0.4 is 4.90 Å². The van der Waals surface area contributed by atoms with Crippen LogP contribution in [0.15, 0.2) is 18.2 Å². The van der Waals surface area contributed by atoms with Crippen molar-refractivity contribution in [2.75, 3.05) is 18.5 Å². The van der Waals surface area contributed by atoms with Gasteiger partial charge in [-0.05, 0) is 25.1 Å². The molecule has 0 spiro atoms. The highest BCUT2D eigenvalue weighted by Crippen LogP contribution is 2.28. The topological polar surface area (TPSA) is 27.0 Å². The number of nitriles is 1. The van der Waals surface area contributed by atoms with Crippen molar-refractivity contribution in [2.45, 2.75) is 6.92 Å². The third-order valence-corrected chi connectivity index (χ3v) is 2.64. The lowest BCUT2D eigenvalue weighted by atomic mass is 10.2. The van der Waals surface area contributed by atoms with E-state index in [-0.39, 0.29) is 5.92 Å². The van der Waals surface area contributed by atoms with E-state index in [1.54, 1.807) is 18.2 Å². The van der Waals surface area contributed by atoms with Gasteiger partial charge in [0.2, 0.25) is 0 Å². The van der Waals surface area contributed by atoms with E-state index in [1.165, 1.54) is 0 Å². The SMILES string of the molecule is CC(C#N)CN(C)c1cc(Cl)ccc1Cl. The fourth-order valence-electron chi connectivity index (χ4n) is 1.33. The van der Waals surface area contributed by atoms with Crippen molar-refractivity contribution in [3.63, 3.8) is 0 Å². The van der Waals surface area contributed by atoms with Crippen LogP contribution in [0, 0.1) is 17.2 Å². The van der Waals surface area contributed by atoms with E-state index in [2.05, 4.69) is 6.07 Å². The molecule has 0 fully saturated rings. The van der Waals surface area contributed by atoms with Crippen molar-refractivity contribution in [1.82, 2.24) is 0 Å². The van der Waals surface area contributed by atoms with Gasteiger partial charge in [0.25, 0.3) is 0 Å². The highest BCUT2D eigenvalue weighted by Gasteiger charge is 2.09. The molecule has 0 heterocycles. The summed E-state index contributed by atoms with van der Waals surface area (Å²) in [5.41, 5.74) is 0.853. The molecule has 1 aromatic rings. The fourth-order valence-corrected chi connectivity index (χ4v) is 1.76. The van der Waals surface area contributed by atoms with Crippen LogP contribution in [0.4, 0.5) is 5.69 Å². The summed E-state index contributed by atoms with van der Waals surface area (Å²) in [5, 5.41) is 10.0.